The summed E-state index contributed by atoms with van der Waals surface area (Å²) in [5, 5.41) is 13.8. The molecule has 1 aliphatic carbocycles. The first kappa shape index (κ1) is 22.1. The molecule has 2 aromatic carbocycles. The van der Waals surface area contributed by atoms with Crippen LogP contribution in [0.1, 0.15) is 47.2 Å². The number of aliphatic hydroxyl groups excluding tert-OH is 1. The van der Waals surface area contributed by atoms with Crippen LogP contribution in [0.2, 0.25) is 5.02 Å². The molecule has 2 aliphatic rings. The van der Waals surface area contributed by atoms with Gasteiger partial charge in [-0.25, -0.2) is 0 Å². The number of carbonyl (C=O) groups excluding carboxylic acids is 2. The second-order valence-electron chi connectivity index (χ2n) is 8.28. The third-order valence-corrected chi connectivity index (χ3v) is 6.40. The molecule has 1 aliphatic heterocycles. The van der Waals surface area contributed by atoms with Crippen LogP contribution < -0.4 is 16.0 Å². The average molecular weight is 452 g/mol. The van der Waals surface area contributed by atoms with Crippen molar-refractivity contribution in [1.29, 1.82) is 0 Å². The average Bonchev–Trinajstić information content (AvgIpc) is 2.77. The number of nitrogens with one attached hydrogen (secondary N) is 1. The van der Waals surface area contributed by atoms with E-state index in [0.29, 0.717) is 34.7 Å². The third-order valence-electron chi connectivity index (χ3n) is 6.09. The Morgan fingerprint density at radius 2 is 1.88 bits per heavy atom. The molecular weight excluding hydrogens is 426 g/mol. The molecule has 0 spiro atoms. The van der Waals surface area contributed by atoms with Gasteiger partial charge in [-0.1, -0.05) is 55.3 Å². The monoisotopic (exact) mass is 451 g/mol. The Bertz CT molecular complexity index is 1090. The molecule has 32 heavy (non-hydrogen) atoms. The Labute approximate surface area is 192 Å². The van der Waals surface area contributed by atoms with E-state index in [1.165, 1.54) is 0 Å². The number of amides is 2. The summed E-state index contributed by atoms with van der Waals surface area (Å²) in [7, 11) is 0. The molecule has 2 amide bonds. The molecular formula is C25H26ClN3O3. The van der Waals surface area contributed by atoms with Crippen LogP contribution in [-0.2, 0) is 11.3 Å². The van der Waals surface area contributed by atoms with Crippen LogP contribution in [0, 0.1) is 0 Å². The van der Waals surface area contributed by atoms with Crippen LogP contribution in [0.15, 0.2) is 60.8 Å². The number of primary amides is 1. The van der Waals surface area contributed by atoms with Gasteiger partial charge < -0.3 is 21.1 Å². The lowest BCUT2D eigenvalue weighted by Gasteiger charge is -2.33. The van der Waals surface area contributed by atoms with Crippen molar-refractivity contribution in [2.24, 2.45) is 5.73 Å². The highest BCUT2D eigenvalue weighted by atomic mass is 35.5. The minimum atomic E-state index is -0.535. The first-order valence-corrected chi connectivity index (χ1v) is 11.1. The van der Waals surface area contributed by atoms with Crippen molar-refractivity contribution in [3.05, 3.63) is 82.5 Å². The van der Waals surface area contributed by atoms with E-state index in [-0.39, 0.29) is 11.9 Å². The molecule has 7 heteroatoms. The minimum Gasteiger partial charge on any atom is -0.391 e. The highest BCUT2D eigenvalue weighted by Gasteiger charge is 2.30. The van der Waals surface area contributed by atoms with Crippen LogP contribution in [0.3, 0.4) is 0 Å². The van der Waals surface area contributed by atoms with E-state index in [9.17, 15) is 14.7 Å². The molecule has 6 nitrogen and oxygen atoms in total. The number of anilines is 1. The zero-order valence-electron chi connectivity index (χ0n) is 17.7. The predicted octanol–water partition coefficient (Wildman–Crippen LogP) is 3.78. The molecule has 2 atom stereocenters. The van der Waals surface area contributed by atoms with Crippen LogP contribution in [0.5, 0.6) is 0 Å². The second-order valence-corrected chi connectivity index (χ2v) is 8.69. The molecule has 1 unspecified atom stereocenters. The Hall–Kier alpha value is -3.09. The lowest BCUT2D eigenvalue weighted by molar-refractivity contribution is -0.119. The van der Waals surface area contributed by atoms with Crippen LogP contribution in [0.25, 0.3) is 5.57 Å². The number of fused-ring (bicyclic) bond motifs is 1. The summed E-state index contributed by atoms with van der Waals surface area (Å²) < 4.78 is 0. The molecule has 0 saturated heterocycles. The summed E-state index contributed by atoms with van der Waals surface area (Å²) in [4.78, 5) is 26.5. The van der Waals surface area contributed by atoms with Gasteiger partial charge in [-0.05, 0) is 42.2 Å². The van der Waals surface area contributed by atoms with Crippen molar-refractivity contribution in [3.8, 4) is 0 Å². The number of halogens is 1. The number of aliphatic hydroxyl groups is 1. The molecule has 1 heterocycles. The summed E-state index contributed by atoms with van der Waals surface area (Å²) in [6.45, 7) is 4.59. The van der Waals surface area contributed by atoms with Crippen molar-refractivity contribution in [3.63, 3.8) is 0 Å². The molecule has 166 valence electrons. The van der Waals surface area contributed by atoms with E-state index in [1.807, 2.05) is 29.2 Å². The van der Waals surface area contributed by atoms with Gasteiger partial charge in [0.2, 0.25) is 5.91 Å². The summed E-state index contributed by atoms with van der Waals surface area (Å²) in [5.41, 5.74) is 9.27. The van der Waals surface area contributed by atoms with Gasteiger partial charge in [0, 0.05) is 23.9 Å². The fourth-order valence-corrected chi connectivity index (χ4v) is 4.59. The van der Waals surface area contributed by atoms with Crippen molar-refractivity contribution >= 4 is 34.7 Å². The van der Waals surface area contributed by atoms with Gasteiger partial charge in [-0.3, -0.25) is 9.59 Å². The maximum Gasteiger partial charge on any atom is 0.253 e. The SMILES string of the molecule is C=C1C(C(=O)NC2CCCC[C@@H]2O)=CN(Cc2ccc(C(N)=O)cc2)c2c(Cl)cccc21. The highest BCUT2D eigenvalue weighted by Crippen LogP contribution is 2.41. The molecule has 4 rings (SSSR count). The van der Waals surface area contributed by atoms with Crippen LogP contribution >= 0.6 is 11.6 Å². The number of para-hydroxylation sites is 1. The summed E-state index contributed by atoms with van der Waals surface area (Å²) in [6.07, 6.45) is 4.61. The maximum atomic E-state index is 13.2. The lowest BCUT2D eigenvalue weighted by atomic mass is 9.90. The first-order chi connectivity index (χ1) is 15.3. The van der Waals surface area contributed by atoms with Crippen molar-refractivity contribution in [2.45, 2.75) is 44.4 Å². The topological polar surface area (TPSA) is 95.7 Å². The lowest BCUT2D eigenvalue weighted by Crippen LogP contribution is -2.46. The number of nitrogens with two attached hydrogens (primary N) is 1. The summed E-state index contributed by atoms with van der Waals surface area (Å²) in [5.74, 6) is -0.747. The molecule has 0 aromatic heterocycles. The molecule has 1 saturated carbocycles. The minimum absolute atomic E-state index is 0.263. The van der Waals surface area contributed by atoms with Crippen LogP contribution in [0.4, 0.5) is 5.69 Å². The van der Waals surface area contributed by atoms with Crippen molar-refractivity contribution in [1.82, 2.24) is 5.32 Å². The first-order valence-electron chi connectivity index (χ1n) is 10.7. The van der Waals surface area contributed by atoms with Crippen LogP contribution in [-0.4, -0.2) is 29.1 Å². The molecule has 0 radical (unpaired) electrons. The number of nitrogens with zero attached hydrogens (tertiary/aromatic N) is 1. The van der Waals surface area contributed by atoms with Gasteiger partial charge in [0.25, 0.3) is 5.91 Å². The number of benzene rings is 2. The highest BCUT2D eigenvalue weighted by molar-refractivity contribution is 6.34. The van der Waals surface area contributed by atoms with E-state index in [1.54, 1.807) is 24.4 Å². The Kier molecular flexibility index (Phi) is 6.35. The van der Waals surface area contributed by atoms with Gasteiger partial charge in [-0.2, -0.15) is 0 Å². The summed E-state index contributed by atoms with van der Waals surface area (Å²) in [6, 6.07) is 12.3. The van der Waals surface area contributed by atoms with Gasteiger partial charge in [0.15, 0.2) is 0 Å². The second kappa shape index (κ2) is 9.18. The normalized spacial score (nSPS) is 20.4. The summed E-state index contributed by atoms with van der Waals surface area (Å²) >= 11 is 6.53. The zero-order valence-corrected chi connectivity index (χ0v) is 18.4. The number of hydrogen-bond acceptors (Lipinski definition) is 4. The van der Waals surface area contributed by atoms with Gasteiger partial charge in [0.1, 0.15) is 0 Å². The Morgan fingerprint density at radius 1 is 1.16 bits per heavy atom. The number of carbonyl (C=O) groups is 2. The number of hydrogen-bond donors (Lipinski definition) is 3. The molecule has 4 N–H and O–H groups in total. The van der Waals surface area contributed by atoms with E-state index in [4.69, 9.17) is 17.3 Å². The quantitative estimate of drug-likeness (QED) is 0.644. The van der Waals surface area contributed by atoms with E-state index in [2.05, 4.69) is 11.9 Å². The van der Waals surface area contributed by atoms with Crippen molar-refractivity contribution in [2.75, 3.05) is 4.90 Å². The maximum absolute atomic E-state index is 13.2. The van der Waals surface area contributed by atoms with E-state index < -0.39 is 12.0 Å². The number of rotatable bonds is 5. The van der Waals surface area contributed by atoms with Gasteiger partial charge in [-0.15, -0.1) is 0 Å². The molecule has 0 bridgehead atoms. The zero-order chi connectivity index (χ0) is 22.8. The fourth-order valence-electron chi connectivity index (χ4n) is 4.31. The standard InChI is InChI=1S/C25H26ClN3O3/c1-15-18-5-4-6-20(26)23(18)29(13-16-9-11-17(12-10-16)24(27)31)14-19(15)25(32)28-21-7-2-3-8-22(21)30/h4-6,9-12,14,21-22,30H,1-3,7-8,13H2,(H2,27,31)(H,28,32)/t21?,22-/m0/s1. The fraction of sp³-hybridized carbons (Fsp3) is 0.280. The Balaban J connectivity index is 1.65. The van der Waals surface area contributed by atoms with Gasteiger partial charge >= 0.3 is 0 Å². The predicted molar refractivity (Wildman–Crippen MR) is 126 cm³/mol. The van der Waals surface area contributed by atoms with Crippen molar-refractivity contribution < 1.29 is 14.7 Å². The van der Waals surface area contributed by atoms with E-state index >= 15 is 0 Å². The Morgan fingerprint density at radius 3 is 2.56 bits per heavy atom. The third kappa shape index (κ3) is 4.42. The van der Waals surface area contributed by atoms with E-state index in [0.717, 1.165) is 36.1 Å². The van der Waals surface area contributed by atoms with Gasteiger partial charge in [0.05, 0.1) is 28.4 Å². The smallest absolute Gasteiger partial charge is 0.253 e. The molecule has 1 fully saturated rings. The largest absolute Gasteiger partial charge is 0.391 e. The molecule has 2 aromatic rings.